The summed E-state index contributed by atoms with van der Waals surface area (Å²) in [5.74, 6) is -0.152. The van der Waals surface area contributed by atoms with Crippen LogP contribution in [0.15, 0.2) is 53.9 Å². The van der Waals surface area contributed by atoms with Gasteiger partial charge in [0, 0.05) is 6.04 Å². The van der Waals surface area contributed by atoms with Crippen LogP contribution < -0.4 is 10.6 Å². The summed E-state index contributed by atoms with van der Waals surface area (Å²) in [4.78, 5) is 12.1. The van der Waals surface area contributed by atoms with E-state index < -0.39 is 0 Å². The Balaban J connectivity index is 1.66. The third-order valence-corrected chi connectivity index (χ3v) is 4.73. The summed E-state index contributed by atoms with van der Waals surface area (Å²) in [6.07, 6.45) is 0. The van der Waals surface area contributed by atoms with Crippen molar-refractivity contribution in [3.8, 4) is 6.07 Å². The van der Waals surface area contributed by atoms with Crippen molar-refractivity contribution in [1.82, 2.24) is 5.32 Å². The quantitative estimate of drug-likeness (QED) is 0.739. The number of fused-ring (bicyclic) bond motifs is 1. The fourth-order valence-electron chi connectivity index (χ4n) is 2.65. The van der Waals surface area contributed by atoms with E-state index in [1.807, 2.05) is 25.1 Å². The van der Waals surface area contributed by atoms with Crippen molar-refractivity contribution in [2.24, 2.45) is 0 Å². The minimum absolute atomic E-state index is 0.0422. The lowest BCUT2D eigenvalue weighted by Gasteiger charge is -2.16. The number of hydrogen-bond acceptors (Lipinski definition) is 4. The second-order valence-electron chi connectivity index (χ2n) is 5.49. The van der Waals surface area contributed by atoms with Crippen LogP contribution in [0, 0.1) is 11.3 Å². The number of nitriles is 1. The zero-order valence-corrected chi connectivity index (χ0v) is 14.1. The van der Waals surface area contributed by atoms with E-state index in [0.29, 0.717) is 10.6 Å². The SMILES string of the molecule is C[C@H](NCC(=O)Nc1sccc1C#N)c1cccc2ccccc12. The van der Waals surface area contributed by atoms with Gasteiger partial charge >= 0.3 is 0 Å². The maximum atomic E-state index is 12.1. The van der Waals surface area contributed by atoms with Gasteiger partial charge in [0.15, 0.2) is 0 Å². The molecule has 1 heterocycles. The van der Waals surface area contributed by atoms with Crippen LogP contribution in [0.25, 0.3) is 10.8 Å². The summed E-state index contributed by atoms with van der Waals surface area (Å²) in [6.45, 7) is 2.23. The number of carbonyl (C=O) groups excluding carboxylic acids is 1. The van der Waals surface area contributed by atoms with Gasteiger partial charge in [0.2, 0.25) is 5.91 Å². The molecule has 4 nitrogen and oxygen atoms in total. The number of rotatable bonds is 5. The molecule has 0 aliphatic carbocycles. The highest BCUT2D eigenvalue weighted by molar-refractivity contribution is 7.14. The topological polar surface area (TPSA) is 64.9 Å². The van der Waals surface area contributed by atoms with Crippen LogP contribution in [0.5, 0.6) is 0 Å². The molecule has 1 amide bonds. The second kappa shape index (κ2) is 7.26. The maximum Gasteiger partial charge on any atom is 0.238 e. The van der Waals surface area contributed by atoms with Gasteiger partial charge in [-0.3, -0.25) is 4.79 Å². The van der Waals surface area contributed by atoms with E-state index in [1.54, 1.807) is 11.4 Å². The molecule has 0 aliphatic rings. The highest BCUT2D eigenvalue weighted by Gasteiger charge is 2.12. The molecule has 3 rings (SSSR count). The van der Waals surface area contributed by atoms with Crippen LogP contribution >= 0.6 is 11.3 Å². The van der Waals surface area contributed by atoms with E-state index in [4.69, 9.17) is 5.26 Å². The molecule has 0 unspecified atom stereocenters. The summed E-state index contributed by atoms with van der Waals surface area (Å²) in [7, 11) is 0. The zero-order chi connectivity index (χ0) is 16.9. The average Bonchev–Trinajstić information content (AvgIpc) is 3.06. The van der Waals surface area contributed by atoms with Gasteiger partial charge in [0.1, 0.15) is 11.1 Å². The molecule has 1 atom stereocenters. The molecule has 120 valence electrons. The third kappa shape index (κ3) is 3.46. The molecule has 3 aromatic rings. The van der Waals surface area contributed by atoms with Gasteiger partial charge in [-0.1, -0.05) is 42.5 Å². The van der Waals surface area contributed by atoms with Crippen LogP contribution in [0.1, 0.15) is 24.1 Å². The fraction of sp³-hybridized carbons (Fsp3) is 0.158. The number of nitrogens with zero attached hydrogens (tertiary/aromatic N) is 1. The molecule has 0 saturated carbocycles. The van der Waals surface area contributed by atoms with Crippen molar-refractivity contribution < 1.29 is 4.79 Å². The minimum atomic E-state index is -0.152. The van der Waals surface area contributed by atoms with Gasteiger partial charge in [-0.25, -0.2) is 0 Å². The predicted molar refractivity (Wildman–Crippen MR) is 98.0 cm³/mol. The summed E-state index contributed by atoms with van der Waals surface area (Å²) in [5.41, 5.74) is 1.66. The van der Waals surface area contributed by atoms with Crippen molar-refractivity contribution in [3.05, 3.63) is 65.0 Å². The number of carbonyl (C=O) groups is 1. The summed E-state index contributed by atoms with van der Waals surface area (Å²) >= 11 is 1.35. The molecular formula is C19H17N3OS. The molecule has 0 radical (unpaired) electrons. The Bertz CT molecular complexity index is 905. The first-order valence-corrected chi connectivity index (χ1v) is 8.55. The number of nitrogens with one attached hydrogen (secondary N) is 2. The van der Waals surface area contributed by atoms with Crippen LogP contribution in [-0.4, -0.2) is 12.5 Å². The van der Waals surface area contributed by atoms with Crippen LogP contribution in [0.3, 0.4) is 0 Å². The van der Waals surface area contributed by atoms with Gasteiger partial charge in [-0.2, -0.15) is 5.26 Å². The normalized spacial score (nSPS) is 11.8. The van der Waals surface area contributed by atoms with Gasteiger partial charge in [0.25, 0.3) is 0 Å². The van der Waals surface area contributed by atoms with Gasteiger partial charge in [-0.15, -0.1) is 11.3 Å². The fourth-order valence-corrected chi connectivity index (χ4v) is 3.40. The lowest BCUT2D eigenvalue weighted by molar-refractivity contribution is -0.115. The van der Waals surface area contributed by atoms with E-state index in [2.05, 4.69) is 41.0 Å². The predicted octanol–water partition coefficient (Wildman–Crippen LogP) is 4.06. The Hall–Kier alpha value is -2.68. The molecule has 0 fully saturated rings. The number of thiophene rings is 1. The molecule has 0 bridgehead atoms. The van der Waals surface area contributed by atoms with Gasteiger partial charge < -0.3 is 10.6 Å². The van der Waals surface area contributed by atoms with Crippen molar-refractivity contribution in [3.63, 3.8) is 0 Å². The van der Waals surface area contributed by atoms with E-state index in [-0.39, 0.29) is 18.5 Å². The summed E-state index contributed by atoms with van der Waals surface area (Å²) < 4.78 is 0. The van der Waals surface area contributed by atoms with E-state index in [9.17, 15) is 4.79 Å². The summed E-state index contributed by atoms with van der Waals surface area (Å²) in [5, 5.41) is 19.8. The number of benzene rings is 2. The molecule has 0 spiro atoms. The molecular weight excluding hydrogens is 318 g/mol. The standard InChI is InChI=1S/C19H17N3OS/c1-13(16-8-4-6-14-5-2-3-7-17(14)16)21-12-18(23)22-19-15(11-20)9-10-24-19/h2-10,13,21H,12H2,1H3,(H,22,23)/t13-/m0/s1. The minimum Gasteiger partial charge on any atom is -0.315 e. The third-order valence-electron chi connectivity index (χ3n) is 3.90. The first-order chi connectivity index (χ1) is 11.7. The van der Waals surface area contributed by atoms with Crippen molar-refractivity contribution in [2.45, 2.75) is 13.0 Å². The molecule has 24 heavy (non-hydrogen) atoms. The van der Waals surface area contributed by atoms with Crippen LogP contribution in [0.2, 0.25) is 0 Å². The average molecular weight is 335 g/mol. The molecule has 0 saturated heterocycles. The van der Waals surface area contributed by atoms with Crippen molar-refractivity contribution >= 4 is 33.0 Å². The van der Waals surface area contributed by atoms with Crippen molar-refractivity contribution in [2.75, 3.05) is 11.9 Å². The Labute approximate surface area is 144 Å². The lowest BCUT2D eigenvalue weighted by atomic mass is 10.00. The van der Waals surface area contributed by atoms with Gasteiger partial charge in [0.05, 0.1) is 12.1 Å². The highest BCUT2D eigenvalue weighted by atomic mass is 32.1. The number of amides is 1. The second-order valence-corrected chi connectivity index (χ2v) is 6.41. The van der Waals surface area contributed by atoms with E-state index >= 15 is 0 Å². The Morgan fingerprint density at radius 1 is 1.21 bits per heavy atom. The van der Waals surface area contributed by atoms with E-state index in [1.165, 1.54) is 22.1 Å². The maximum absolute atomic E-state index is 12.1. The Kier molecular flexibility index (Phi) is 4.90. The lowest BCUT2D eigenvalue weighted by Crippen LogP contribution is -2.30. The largest absolute Gasteiger partial charge is 0.315 e. The van der Waals surface area contributed by atoms with Crippen LogP contribution in [0.4, 0.5) is 5.00 Å². The monoisotopic (exact) mass is 335 g/mol. The van der Waals surface area contributed by atoms with Gasteiger partial charge in [-0.05, 0) is 34.7 Å². The molecule has 0 aliphatic heterocycles. The zero-order valence-electron chi connectivity index (χ0n) is 13.2. The molecule has 5 heteroatoms. The number of anilines is 1. The molecule has 2 N–H and O–H groups in total. The van der Waals surface area contributed by atoms with Crippen molar-refractivity contribution in [1.29, 1.82) is 5.26 Å². The first-order valence-electron chi connectivity index (χ1n) is 7.67. The molecule has 2 aromatic carbocycles. The first kappa shape index (κ1) is 16.2. The number of hydrogen-bond donors (Lipinski definition) is 2. The molecule has 1 aromatic heterocycles. The Morgan fingerprint density at radius 3 is 2.83 bits per heavy atom. The summed E-state index contributed by atoms with van der Waals surface area (Å²) in [6, 6.07) is 18.2. The van der Waals surface area contributed by atoms with Crippen LogP contribution in [-0.2, 0) is 4.79 Å². The van der Waals surface area contributed by atoms with E-state index in [0.717, 1.165) is 5.56 Å². The highest BCUT2D eigenvalue weighted by Crippen LogP contribution is 2.24. The Morgan fingerprint density at radius 2 is 2.00 bits per heavy atom. The smallest absolute Gasteiger partial charge is 0.238 e.